The number of hydrogen-bond acceptors (Lipinski definition) is 5. The molecule has 0 heterocycles. The van der Waals surface area contributed by atoms with Crippen molar-refractivity contribution in [2.24, 2.45) is 0 Å². The summed E-state index contributed by atoms with van der Waals surface area (Å²) in [6.07, 6.45) is -3.90. The highest BCUT2D eigenvalue weighted by molar-refractivity contribution is 14.1. The molecule has 23 heavy (non-hydrogen) atoms. The van der Waals surface area contributed by atoms with Crippen LogP contribution in [0.25, 0.3) is 0 Å². The first-order valence-electron chi connectivity index (χ1n) is 5.81. The molecule has 1 aromatic carbocycles. The Morgan fingerprint density at radius 1 is 1.26 bits per heavy atom. The van der Waals surface area contributed by atoms with Crippen molar-refractivity contribution in [3.63, 3.8) is 0 Å². The maximum Gasteiger partial charge on any atom is 0.417 e. The van der Waals surface area contributed by atoms with E-state index in [1.165, 1.54) is 0 Å². The number of esters is 2. The zero-order chi connectivity index (χ0) is 17.8. The van der Waals surface area contributed by atoms with Crippen LogP contribution in [0.2, 0.25) is 5.02 Å². The minimum atomic E-state index is -4.67. The molecule has 5 nitrogen and oxygen atoms in total. The lowest BCUT2D eigenvalue weighted by atomic mass is 10.2. The summed E-state index contributed by atoms with van der Waals surface area (Å²) in [6, 6.07) is 1.82. The first-order chi connectivity index (χ1) is 10.6. The van der Waals surface area contributed by atoms with E-state index < -0.39 is 28.7 Å². The predicted octanol–water partition coefficient (Wildman–Crippen LogP) is 3.61. The Hall–Kier alpha value is -1.49. The molecule has 0 fully saturated rings. The van der Waals surface area contributed by atoms with E-state index in [0.29, 0.717) is 3.57 Å². The summed E-state index contributed by atoms with van der Waals surface area (Å²) in [4.78, 5) is 22.9. The minimum absolute atomic E-state index is 0.0668. The van der Waals surface area contributed by atoms with E-state index in [1.54, 1.807) is 22.6 Å². The second-order valence-electron chi connectivity index (χ2n) is 4.01. The van der Waals surface area contributed by atoms with Gasteiger partial charge in [-0.25, -0.2) is 9.59 Å². The van der Waals surface area contributed by atoms with Crippen LogP contribution in [-0.2, 0) is 25.2 Å². The number of hydrogen-bond donors (Lipinski definition) is 1. The second kappa shape index (κ2) is 7.86. The monoisotopic (exact) mass is 463 g/mol. The largest absolute Gasteiger partial charge is 0.466 e. The summed E-state index contributed by atoms with van der Waals surface area (Å²) in [5.74, 6) is -1.83. The third-order valence-corrected chi connectivity index (χ3v) is 3.71. The third-order valence-electron chi connectivity index (χ3n) is 2.50. The van der Waals surface area contributed by atoms with E-state index in [0.717, 1.165) is 32.4 Å². The molecule has 0 aliphatic heterocycles. The highest BCUT2D eigenvalue weighted by Gasteiger charge is 2.34. The quantitative estimate of drug-likeness (QED) is 0.420. The van der Waals surface area contributed by atoms with Crippen molar-refractivity contribution < 1.29 is 32.2 Å². The van der Waals surface area contributed by atoms with Crippen molar-refractivity contribution in [1.29, 1.82) is 0 Å². The summed E-state index contributed by atoms with van der Waals surface area (Å²) >= 11 is 7.32. The van der Waals surface area contributed by atoms with Crippen molar-refractivity contribution >= 4 is 51.8 Å². The number of methoxy groups -OCH3 is 2. The number of anilines is 1. The maximum atomic E-state index is 12.9. The second-order valence-corrected chi connectivity index (χ2v) is 5.58. The van der Waals surface area contributed by atoms with Crippen molar-refractivity contribution in [3.8, 4) is 0 Å². The average molecular weight is 464 g/mol. The van der Waals surface area contributed by atoms with Crippen LogP contribution in [0.1, 0.15) is 5.56 Å². The Kier molecular flexibility index (Phi) is 6.69. The van der Waals surface area contributed by atoms with Crippen LogP contribution in [0.4, 0.5) is 18.9 Å². The number of rotatable bonds is 4. The summed E-state index contributed by atoms with van der Waals surface area (Å²) in [5, 5.41) is 1.94. The molecule has 0 radical (unpaired) electrons. The van der Waals surface area contributed by atoms with Gasteiger partial charge in [0.2, 0.25) is 0 Å². The van der Waals surface area contributed by atoms with Crippen molar-refractivity contribution in [3.05, 3.63) is 38.1 Å². The molecular weight excluding hydrogens is 453 g/mol. The lowest BCUT2D eigenvalue weighted by molar-refractivity contribution is -0.138. The number of nitrogens with one attached hydrogen (secondary N) is 1. The highest BCUT2D eigenvalue weighted by Crippen LogP contribution is 2.38. The van der Waals surface area contributed by atoms with E-state index in [1.807, 2.05) is 0 Å². The van der Waals surface area contributed by atoms with Crippen molar-refractivity contribution in [1.82, 2.24) is 0 Å². The number of halogens is 5. The molecule has 0 aromatic heterocycles. The Morgan fingerprint density at radius 2 is 1.87 bits per heavy atom. The summed E-state index contributed by atoms with van der Waals surface area (Å²) in [7, 11) is 2.14. The van der Waals surface area contributed by atoms with Gasteiger partial charge in [0.1, 0.15) is 5.70 Å². The molecule has 1 N–H and O–H groups in total. The summed E-state index contributed by atoms with van der Waals surface area (Å²) < 4.78 is 47.8. The SMILES string of the molecule is COC(=O)/C=C(/Nc1cc(C(F)(F)F)c(Cl)cc1I)C(=O)OC. The van der Waals surface area contributed by atoms with Gasteiger partial charge < -0.3 is 14.8 Å². The molecule has 1 rings (SSSR count). The fourth-order valence-electron chi connectivity index (χ4n) is 1.44. The van der Waals surface area contributed by atoms with E-state index >= 15 is 0 Å². The van der Waals surface area contributed by atoms with Gasteiger partial charge in [-0.15, -0.1) is 0 Å². The molecule has 0 aliphatic carbocycles. The Morgan fingerprint density at radius 3 is 2.35 bits per heavy atom. The first kappa shape index (κ1) is 19.6. The number of carbonyl (C=O) groups is 2. The smallest absolute Gasteiger partial charge is 0.417 e. The van der Waals surface area contributed by atoms with Gasteiger partial charge in [-0.3, -0.25) is 0 Å². The lowest BCUT2D eigenvalue weighted by Crippen LogP contribution is -2.17. The Bertz CT molecular complexity index is 661. The molecular formula is C13H10ClF3INO4. The van der Waals surface area contributed by atoms with Crippen LogP contribution in [0, 0.1) is 3.57 Å². The lowest BCUT2D eigenvalue weighted by Gasteiger charge is -2.15. The van der Waals surface area contributed by atoms with Gasteiger partial charge in [0, 0.05) is 3.57 Å². The van der Waals surface area contributed by atoms with Crippen LogP contribution >= 0.6 is 34.2 Å². The molecule has 126 valence electrons. The third kappa shape index (κ3) is 5.27. The van der Waals surface area contributed by atoms with Crippen molar-refractivity contribution in [2.45, 2.75) is 6.18 Å². The number of carbonyl (C=O) groups excluding carboxylic acids is 2. The normalized spacial score (nSPS) is 11.9. The summed E-state index contributed by atoms with van der Waals surface area (Å²) in [6.45, 7) is 0. The minimum Gasteiger partial charge on any atom is -0.466 e. The van der Waals surface area contributed by atoms with E-state index in [4.69, 9.17) is 11.6 Å². The van der Waals surface area contributed by atoms with Crippen LogP contribution in [0.15, 0.2) is 23.9 Å². The van der Waals surface area contributed by atoms with Crippen LogP contribution in [0.5, 0.6) is 0 Å². The van der Waals surface area contributed by atoms with Gasteiger partial charge in [-0.2, -0.15) is 13.2 Å². The molecule has 0 saturated heterocycles. The molecule has 1 aromatic rings. The van der Waals surface area contributed by atoms with Crippen LogP contribution in [-0.4, -0.2) is 26.2 Å². The molecule has 0 aliphatic rings. The van der Waals surface area contributed by atoms with E-state index in [2.05, 4.69) is 14.8 Å². The predicted molar refractivity (Wildman–Crippen MR) is 84.9 cm³/mol. The molecule has 0 unspecified atom stereocenters. The van der Waals surface area contributed by atoms with Gasteiger partial charge in [-0.05, 0) is 34.7 Å². The standard InChI is InChI=1S/C13H10ClF3INO4/c1-22-11(20)5-10(12(21)23-2)19-9-3-6(13(15,16)17)7(14)4-8(9)18/h3-5,19H,1-2H3/b10-5+. The number of benzene rings is 1. The molecule has 0 saturated carbocycles. The molecule has 0 atom stereocenters. The fourth-order valence-corrected chi connectivity index (χ4v) is 2.50. The molecule has 0 spiro atoms. The van der Waals surface area contributed by atoms with Gasteiger partial charge in [-0.1, -0.05) is 11.6 Å². The average Bonchev–Trinajstić information content (AvgIpc) is 2.46. The molecule has 0 bridgehead atoms. The molecule has 10 heteroatoms. The first-order valence-corrected chi connectivity index (χ1v) is 7.27. The summed E-state index contributed by atoms with van der Waals surface area (Å²) in [5.41, 5.74) is -1.53. The van der Waals surface area contributed by atoms with Gasteiger partial charge in [0.15, 0.2) is 0 Å². The molecule has 0 amide bonds. The van der Waals surface area contributed by atoms with Crippen LogP contribution < -0.4 is 5.32 Å². The zero-order valence-electron chi connectivity index (χ0n) is 11.8. The fraction of sp³-hybridized carbons (Fsp3) is 0.231. The van der Waals surface area contributed by atoms with E-state index in [-0.39, 0.29) is 11.4 Å². The highest BCUT2D eigenvalue weighted by atomic mass is 127. The van der Waals surface area contributed by atoms with Crippen molar-refractivity contribution in [2.75, 3.05) is 19.5 Å². The Labute approximate surface area is 147 Å². The maximum absolute atomic E-state index is 12.9. The number of ether oxygens (including phenoxy) is 2. The van der Waals surface area contributed by atoms with Gasteiger partial charge >= 0.3 is 18.1 Å². The number of alkyl halides is 3. The topological polar surface area (TPSA) is 64.6 Å². The van der Waals surface area contributed by atoms with E-state index in [9.17, 15) is 22.8 Å². The van der Waals surface area contributed by atoms with Gasteiger partial charge in [0.25, 0.3) is 0 Å². The zero-order valence-corrected chi connectivity index (χ0v) is 14.7. The van der Waals surface area contributed by atoms with Crippen LogP contribution in [0.3, 0.4) is 0 Å². The Balaban J connectivity index is 3.31. The van der Waals surface area contributed by atoms with Gasteiger partial charge in [0.05, 0.1) is 36.6 Å².